The third-order valence-corrected chi connectivity index (χ3v) is 6.88. The summed E-state index contributed by atoms with van der Waals surface area (Å²) in [5.41, 5.74) is -0.614. The van der Waals surface area contributed by atoms with Crippen molar-refractivity contribution < 1.29 is 28.8 Å². The molecule has 1 aliphatic rings. The Morgan fingerprint density at radius 1 is 1.16 bits per heavy atom. The maximum Gasteiger partial charge on any atom is 0.136 e. The third-order valence-electron chi connectivity index (χ3n) is 5.17. The van der Waals surface area contributed by atoms with Crippen molar-refractivity contribution in [3.8, 4) is 11.3 Å². The van der Waals surface area contributed by atoms with Crippen molar-refractivity contribution in [3.05, 3.63) is 57.6 Å². The topological polar surface area (TPSA) is 114 Å². The van der Waals surface area contributed by atoms with Crippen LogP contribution in [-0.4, -0.2) is 65.7 Å². The number of halogens is 3. The van der Waals surface area contributed by atoms with Crippen LogP contribution >= 0.6 is 34.4 Å². The van der Waals surface area contributed by atoms with Crippen molar-refractivity contribution >= 4 is 34.4 Å². The van der Waals surface area contributed by atoms with Gasteiger partial charge in [-0.25, -0.2) is 13.5 Å². The molecule has 0 amide bonds. The number of aromatic nitrogens is 4. The number of rotatable bonds is 5. The molecule has 3 N–H and O–H groups in total. The Hall–Kier alpha value is -1.71. The van der Waals surface area contributed by atoms with Crippen LogP contribution in [0.25, 0.3) is 11.3 Å². The quantitative estimate of drug-likeness (QED) is 0.397. The van der Waals surface area contributed by atoms with Gasteiger partial charge in [-0.15, -0.1) is 5.10 Å². The summed E-state index contributed by atoms with van der Waals surface area (Å²) in [6, 6.07) is 3.12. The van der Waals surface area contributed by atoms with E-state index >= 15 is 0 Å². The zero-order valence-electron chi connectivity index (χ0n) is 16.6. The number of nitrogens with zero attached hydrogens (tertiary/aromatic N) is 4. The van der Waals surface area contributed by atoms with E-state index in [9.17, 15) is 24.1 Å². The Morgan fingerprint density at radius 3 is 2.53 bits per heavy atom. The molecule has 4 rings (SSSR count). The Bertz CT molecular complexity index is 1100. The maximum atomic E-state index is 14.0. The lowest BCUT2D eigenvalue weighted by Crippen LogP contribution is -2.55. The molecular formula is C20H19F2IN4O4S. The van der Waals surface area contributed by atoms with Crippen LogP contribution in [0.5, 0.6) is 0 Å². The van der Waals surface area contributed by atoms with Gasteiger partial charge in [0.25, 0.3) is 0 Å². The van der Waals surface area contributed by atoms with Crippen molar-refractivity contribution in [2.24, 2.45) is 0 Å². The van der Waals surface area contributed by atoms with Gasteiger partial charge in [-0.1, -0.05) is 17.0 Å². The summed E-state index contributed by atoms with van der Waals surface area (Å²) in [5.74, 6) is -1.44. The second-order valence-electron chi connectivity index (χ2n) is 7.30. The van der Waals surface area contributed by atoms with Crippen LogP contribution in [0.15, 0.2) is 41.7 Å². The van der Waals surface area contributed by atoms with E-state index in [2.05, 4.69) is 37.9 Å². The first kappa shape index (κ1) is 23.4. The van der Waals surface area contributed by atoms with Crippen molar-refractivity contribution in [3.63, 3.8) is 0 Å². The number of hydrogen-bond acceptors (Lipinski definition) is 8. The normalized spacial score (nSPS) is 25.8. The average Bonchev–Trinajstić information content (AvgIpc) is 3.23. The predicted molar refractivity (Wildman–Crippen MR) is 120 cm³/mol. The highest BCUT2D eigenvalue weighted by Gasteiger charge is 2.46. The van der Waals surface area contributed by atoms with E-state index in [1.807, 2.05) is 6.07 Å². The SMILES string of the molecule is Cc1c(F)cc(-c2cn(C3C(O)[C@@H](Sc4cncc(I)c4)OC(CO)[C@@H]3O)nn2)cc1F. The predicted octanol–water partition coefficient (Wildman–Crippen LogP) is 2.30. The van der Waals surface area contributed by atoms with E-state index in [-0.39, 0.29) is 16.8 Å². The molecule has 2 aromatic heterocycles. The molecule has 32 heavy (non-hydrogen) atoms. The molecule has 3 heterocycles. The third kappa shape index (κ3) is 4.65. The second-order valence-corrected chi connectivity index (χ2v) is 9.72. The molecule has 3 unspecified atom stereocenters. The zero-order valence-corrected chi connectivity index (χ0v) is 19.6. The smallest absolute Gasteiger partial charge is 0.136 e. The summed E-state index contributed by atoms with van der Waals surface area (Å²) in [6.45, 7) is 0.845. The Morgan fingerprint density at radius 2 is 1.88 bits per heavy atom. The van der Waals surface area contributed by atoms with Gasteiger partial charge in [0.2, 0.25) is 0 Å². The molecule has 12 heteroatoms. The van der Waals surface area contributed by atoms with Gasteiger partial charge in [-0.2, -0.15) is 0 Å². The van der Waals surface area contributed by atoms with E-state index in [4.69, 9.17) is 4.74 Å². The number of pyridine rings is 1. The minimum Gasteiger partial charge on any atom is -0.394 e. The van der Waals surface area contributed by atoms with E-state index in [0.717, 1.165) is 20.6 Å². The standard InChI is InChI=1S/C20H19F2IN4O4S/c1-9-13(21)2-10(3-14(9)22)15-7-27(26-25-15)17-18(29)16(8-28)31-20(19(17)30)32-12-4-11(23)5-24-6-12/h2-7,16-20,28-30H,8H2,1H3/t16?,17?,18-,19?,20+/m0/s1. The average molecular weight is 576 g/mol. The van der Waals surface area contributed by atoms with Gasteiger partial charge in [-0.3, -0.25) is 4.98 Å². The second kappa shape index (κ2) is 9.65. The molecule has 3 aromatic rings. The van der Waals surface area contributed by atoms with Crippen molar-refractivity contribution in [1.29, 1.82) is 0 Å². The molecule has 0 saturated carbocycles. The van der Waals surface area contributed by atoms with E-state index in [0.29, 0.717) is 0 Å². The molecule has 0 radical (unpaired) electrons. The van der Waals surface area contributed by atoms with Crippen LogP contribution in [0.1, 0.15) is 11.6 Å². The Labute approximate surface area is 199 Å². The Balaban J connectivity index is 1.64. The lowest BCUT2D eigenvalue weighted by molar-refractivity contribution is -0.178. The van der Waals surface area contributed by atoms with Gasteiger partial charge in [0.15, 0.2) is 0 Å². The number of thioether (sulfide) groups is 1. The number of aliphatic hydroxyl groups excluding tert-OH is 3. The summed E-state index contributed by atoms with van der Waals surface area (Å²) < 4.78 is 35.8. The minimum atomic E-state index is -1.30. The van der Waals surface area contributed by atoms with Crippen LogP contribution in [0.2, 0.25) is 0 Å². The van der Waals surface area contributed by atoms with Gasteiger partial charge in [0, 0.05) is 32.0 Å². The molecule has 8 nitrogen and oxygen atoms in total. The van der Waals surface area contributed by atoms with E-state index in [1.165, 1.54) is 29.6 Å². The van der Waals surface area contributed by atoms with Crippen LogP contribution in [0.3, 0.4) is 0 Å². The fourth-order valence-corrected chi connectivity index (χ4v) is 5.21. The lowest BCUT2D eigenvalue weighted by Gasteiger charge is -2.41. The van der Waals surface area contributed by atoms with Gasteiger partial charge in [0.1, 0.15) is 47.1 Å². The summed E-state index contributed by atoms with van der Waals surface area (Å²) in [5, 5.41) is 39.3. The van der Waals surface area contributed by atoms with Crippen molar-refractivity contribution in [2.75, 3.05) is 6.61 Å². The molecule has 0 bridgehead atoms. The Kier molecular flexibility index (Phi) is 7.07. The van der Waals surface area contributed by atoms with Gasteiger partial charge >= 0.3 is 0 Å². The zero-order chi connectivity index (χ0) is 23.0. The molecule has 1 fully saturated rings. The van der Waals surface area contributed by atoms with Crippen molar-refractivity contribution in [1.82, 2.24) is 20.0 Å². The molecule has 1 aromatic carbocycles. The summed E-state index contributed by atoms with van der Waals surface area (Å²) in [6.07, 6.45) is 1.15. The first-order valence-electron chi connectivity index (χ1n) is 9.56. The summed E-state index contributed by atoms with van der Waals surface area (Å²) in [4.78, 5) is 4.84. The fraction of sp³-hybridized carbons (Fsp3) is 0.350. The van der Waals surface area contributed by atoms with Crippen LogP contribution in [0, 0.1) is 22.1 Å². The molecule has 1 aliphatic heterocycles. The molecule has 1 saturated heterocycles. The van der Waals surface area contributed by atoms with Crippen LogP contribution < -0.4 is 0 Å². The first-order valence-corrected chi connectivity index (χ1v) is 11.5. The van der Waals surface area contributed by atoms with Crippen molar-refractivity contribution in [2.45, 2.75) is 41.6 Å². The number of hydrogen-bond donors (Lipinski definition) is 3. The molecule has 0 spiro atoms. The number of ether oxygens (including phenoxy) is 1. The highest BCUT2D eigenvalue weighted by molar-refractivity contribution is 14.1. The molecule has 5 atom stereocenters. The molecule has 170 valence electrons. The van der Waals surface area contributed by atoms with E-state index in [1.54, 1.807) is 12.4 Å². The lowest BCUT2D eigenvalue weighted by atomic mass is 9.97. The highest BCUT2D eigenvalue weighted by Crippen LogP contribution is 2.38. The van der Waals surface area contributed by atoms with Gasteiger partial charge < -0.3 is 20.1 Å². The number of aliphatic hydroxyl groups is 3. The fourth-order valence-electron chi connectivity index (χ4n) is 3.42. The number of benzene rings is 1. The molecular weight excluding hydrogens is 557 g/mol. The minimum absolute atomic E-state index is 0.105. The largest absolute Gasteiger partial charge is 0.394 e. The first-order chi connectivity index (χ1) is 15.3. The maximum absolute atomic E-state index is 14.0. The summed E-state index contributed by atoms with van der Waals surface area (Å²) in [7, 11) is 0. The summed E-state index contributed by atoms with van der Waals surface area (Å²) >= 11 is 3.31. The monoisotopic (exact) mass is 576 g/mol. The van der Waals surface area contributed by atoms with Crippen LogP contribution in [-0.2, 0) is 4.74 Å². The highest BCUT2D eigenvalue weighted by atomic mass is 127. The van der Waals surface area contributed by atoms with E-state index < -0.39 is 48.0 Å². The van der Waals surface area contributed by atoms with Gasteiger partial charge in [0.05, 0.1) is 12.8 Å². The van der Waals surface area contributed by atoms with Gasteiger partial charge in [-0.05, 0) is 47.7 Å². The van der Waals surface area contributed by atoms with Crippen LogP contribution in [0.4, 0.5) is 8.78 Å². The molecule has 0 aliphatic carbocycles.